The molecule has 1 aliphatic rings. The highest BCUT2D eigenvalue weighted by Gasteiger charge is 2.27. The smallest absolute Gasteiger partial charge is 0.289 e. The van der Waals surface area contributed by atoms with Gasteiger partial charge in [0.2, 0.25) is 0 Å². The Kier molecular flexibility index (Phi) is 3.98. The average Bonchev–Trinajstić information content (AvgIpc) is 3.19. The minimum Gasteiger partial charge on any atom is -0.459 e. The van der Waals surface area contributed by atoms with Crippen molar-refractivity contribution in [2.75, 3.05) is 26.2 Å². The Hall–Kier alpha value is -2.50. The number of aryl methyl sites for hydroxylation is 1. The van der Waals surface area contributed by atoms with Crippen LogP contribution in [-0.2, 0) is 7.05 Å². The third-order valence-electron chi connectivity index (χ3n) is 4.59. The fourth-order valence-electron chi connectivity index (χ4n) is 2.91. The van der Waals surface area contributed by atoms with Crippen molar-refractivity contribution in [2.24, 2.45) is 7.05 Å². The molecule has 0 unspecified atom stereocenters. The molecule has 0 aromatic carbocycles. The normalized spacial score (nSPS) is 15.1. The summed E-state index contributed by atoms with van der Waals surface area (Å²) in [5.41, 5.74) is 2.79. The van der Waals surface area contributed by atoms with Gasteiger partial charge >= 0.3 is 0 Å². The second-order valence-corrected chi connectivity index (χ2v) is 5.91. The molecule has 2 aromatic heterocycles. The van der Waals surface area contributed by atoms with Gasteiger partial charge in [0.15, 0.2) is 5.76 Å². The number of carbonyl (C=O) groups excluding carboxylic acids is 2. The minimum atomic E-state index is -0.117. The molecule has 0 radical (unpaired) electrons. The molecule has 0 N–H and O–H groups in total. The first-order valence-electron chi connectivity index (χ1n) is 7.74. The van der Waals surface area contributed by atoms with E-state index in [9.17, 15) is 9.59 Å². The van der Waals surface area contributed by atoms with E-state index < -0.39 is 0 Å². The first-order chi connectivity index (χ1) is 11.0. The van der Waals surface area contributed by atoms with Crippen LogP contribution in [0.15, 0.2) is 28.9 Å². The van der Waals surface area contributed by atoms with E-state index in [-0.39, 0.29) is 11.8 Å². The molecule has 0 bridgehead atoms. The van der Waals surface area contributed by atoms with Gasteiger partial charge in [-0.2, -0.15) is 0 Å². The number of aromatic nitrogens is 1. The van der Waals surface area contributed by atoms with Crippen molar-refractivity contribution in [3.05, 3.63) is 47.2 Å². The van der Waals surface area contributed by atoms with Gasteiger partial charge in [0, 0.05) is 44.6 Å². The number of carbonyl (C=O) groups is 2. The van der Waals surface area contributed by atoms with Gasteiger partial charge in [0.05, 0.1) is 11.8 Å². The lowest BCUT2D eigenvalue weighted by Crippen LogP contribution is -2.50. The van der Waals surface area contributed by atoms with Gasteiger partial charge in [0.25, 0.3) is 11.8 Å². The molecule has 1 aliphatic heterocycles. The Balaban J connectivity index is 1.66. The van der Waals surface area contributed by atoms with Crippen LogP contribution in [-0.4, -0.2) is 52.4 Å². The maximum Gasteiger partial charge on any atom is 0.289 e. The SMILES string of the molecule is Cc1cc(C(=O)N2CCN(C(=O)c3ccco3)CC2)c(C)n1C. The summed E-state index contributed by atoms with van der Waals surface area (Å²) in [5, 5.41) is 0. The summed E-state index contributed by atoms with van der Waals surface area (Å²) >= 11 is 0. The molecule has 3 heterocycles. The van der Waals surface area contributed by atoms with Crippen LogP contribution < -0.4 is 0 Å². The van der Waals surface area contributed by atoms with E-state index in [1.807, 2.05) is 36.4 Å². The summed E-state index contributed by atoms with van der Waals surface area (Å²) in [6.45, 7) is 6.07. The summed E-state index contributed by atoms with van der Waals surface area (Å²) in [7, 11) is 1.96. The molecule has 0 saturated carbocycles. The molecule has 1 saturated heterocycles. The molecule has 6 heteroatoms. The van der Waals surface area contributed by atoms with Gasteiger partial charge in [-0.05, 0) is 32.0 Å². The maximum atomic E-state index is 12.7. The van der Waals surface area contributed by atoms with Crippen LogP contribution in [0, 0.1) is 13.8 Å². The highest BCUT2D eigenvalue weighted by Crippen LogP contribution is 2.17. The van der Waals surface area contributed by atoms with Crippen LogP contribution in [0.2, 0.25) is 0 Å². The Bertz CT molecular complexity index is 723. The Morgan fingerprint density at radius 2 is 1.65 bits per heavy atom. The van der Waals surface area contributed by atoms with Crippen molar-refractivity contribution in [3.63, 3.8) is 0 Å². The van der Waals surface area contributed by atoms with E-state index in [2.05, 4.69) is 0 Å². The molecular formula is C17H21N3O3. The molecule has 2 aromatic rings. The number of piperazine rings is 1. The monoisotopic (exact) mass is 315 g/mol. The molecular weight excluding hydrogens is 294 g/mol. The summed E-state index contributed by atoms with van der Waals surface area (Å²) in [5.74, 6) is 0.268. The van der Waals surface area contributed by atoms with E-state index >= 15 is 0 Å². The van der Waals surface area contributed by atoms with E-state index in [0.717, 1.165) is 17.0 Å². The lowest BCUT2D eigenvalue weighted by molar-refractivity contribution is 0.0517. The van der Waals surface area contributed by atoms with Crippen LogP contribution in [0.3, 0.4) is 0 Å². The molecule has 0 aliphatic carbocycles. The largest absolute Gasteiger partial charge is 0.459 e. The third-order valence-corrected chi connectivity index (χ3v) is 4.59. The van der Waals surface area contributed by atoms with Crippen molar-refractivity contribution < 1.29 is 14.0 Å². The zero-order chi connectivity index (χ0) is 16.6. The zero-order valence-corrected chi connectivity index (χ0v) is 13.7. The second-order valence-electron chi connectivity index (χ2n) is 5.91. The van der Waals surface area contributed by atoms with Gasteiger partial charge in [-0.1, -0.05) is 0 Å². The third kappa shape index (κ3) is 2.76. The van der Waals surface area contributed by atoms with Gasteiger partial charge in [0.1, 0.15) is 0 Å². The molecule has 122 valence electrons. The summed E-state index contributed by atoms with van der Waals surface area (Å²) < 4.78 is 7.17. The predicted molar refractivity (Wildman–Crippen MR) is 85.4 cm³/mol. The number of hydrogen-bond donors (Lipinski definition) is 0. The number of amides is 2. The van der Waals surface area contributed by atoms with E-state index in [0.29, 0.717) is 31.9 Å². The number of hydrogen-bond acceptors (Lipinski definition) is 3. The van der Waals surface area contributed by atoms with Gasteiger partial charge in [-0.15, -0.1) is 0 Å². The number of furan rings is 1. The second kappa shape index (κ2) is 5.95. The summed E-state index contributed by atoms with van der Waals surface area (Å²) in [6, 6.07) is 5.29. The standard InChI is InChI=1S/C17H21N3O3/c1-12-11-14(13(2)18(12)3)16(21)19-6-8-20(9-7-19)17(22)15-5-4-10-23-15/h4-5,10-11H,6-9H2,1-3H3. The average molecular weight is 315 g/mol. The number of rotatable bonds is 2. The lowest BCUT2D eigenvalue weighted by Gasteiger charge is -2.34. The highest BCUT2D eigenvalue weighted by molar-refractivity contribution is 5.96. The predicted octanol–water partition coefficient (Wildman–Crippen LogP) is 1.83. The first-order valence-corrected chi connectivity index (χ1v) is 7.74. The van der Waals surface area contributed by atoms with Crippen molar-refractivity contribution in [1.82, 2.24) is 14.4 Å². The van der Waals surface area contributed by atoms with Crippen LogP contribution in [0.4, 0.5) is 0 Å². The van der Waals surface area contributed by atoms with Crippen LogP contribution in [0.1, 0.15) is 32.3 Å². The van der Waals surface area contributed by atoms with Crippen molar-refractivity contribution in [1.29, 1.82) is 0 Å². The molecule has 1 fully saturated rings. The fraction of sp³-hybridized carbons (Fsp3) is 0.412. The molecule has 23 heavy (non-hydrogen) atoms. The van der Waals surface area contributed by atoms with Crippen LogP contribution in [0.5, 0.6) is 0 Å². The minimum absolute atomic E-state index is 0.0382. The van der Waals surface area contributed by atoms with Crippen molar-refractivity contribution in [3.8, 4) is 0 Å². The quantitative estimate of drug-likeness (QED) is 0.849. The van der Waals surface area contributed by atoms with Crippen molar-refractivity contribution in [2.45, 2.75) is 13.8 Å². The molecule has 0 atom stereocenters. The van der Waals surface area contributed by atoms with Gasteiger partial charge in [-0.3, -0.25) is 9.59 Å². The van der Waals surface area contributed by atoms with E-state index in [1.54, 1.807) is 17.0 Å². The molecule has 3 rings (SSSR count). The zero-order valence-electron chi connectivity index (χ0n) is 13.7. The van der Waals surface area contributed by atoms with Gasteiger partial charge < -0.3 is 18.8 Å². The maximum absolute atomic E-state index is 12.7. The Morgan fingerprint density at radius 1 is 1.04 bits per heavy atom. The Morgan fingerprint density at radius 3 is 2.13 bits per heavy atom. The summed E-state index contributed by atoms with van der Waals surface area (Å²) in [6.07, 6.45) is 1.49. The van der Waals surface area contributed by atoms with Crippen LogP contribution in [0.25, 0.3) is 0 Å². The van der Waals surface area contributed by atoms with Crippen LogP contribution >= 0.6 is 0 Å². The molecule has 0 spiro atoms. The van der Waals surface area contributed by atoms with Crippen molar-refractivity contribution >= 4 is 11.8 Å². The summed E-state index contributed by atoms with van der Waals surface area (Å²) in [4.78, 5) is 28.5. The van der Waals surface area contributed by atoms with E-state index in [4.69, 9.17) is 4.42 Å². The Labute approximate surface area is 135 Å². The highest BCUT2D eigenvalue weighted by atomic mass is 16.3. The number of nitrogens with zero attached hydrogens (tertiary/aromatic N) is 3. The van der Waals surface area contributed by atoms with Gasteiger partial charge in [-0.25, -0.2) is 0 Å². The topological polar surface area (TPSA) is 58.7 Å². The lowest BCUT2D eigenvalue weighted by atomic mass is 10.2. The molecule has 2 amide bonds. The first kappa shape index (κ1) is 15.4. The van der Waals surface area contributed by atoms with E-state index in [1.165, 1.54) is 6.26 Å². The fourth-order valence-corrected chi connectivity index (χ4v) is 2.91. The molecule has 6 nitrogen and oxygen atoms in total.